The van der Waals surface area contributed by atoms with E-state index in [0.717, 1.165) is 19.4 Å². The smallest absolute Gasteiger partial charge is 0.224 e. The van der Waals surface area contributed by atoms with Gasteiger partial charge in [-0.2, -0.15) is 0 Å². The van der Waals surface area contributed by atoms with E-state index in [1.54, 1.807) is 0 Å². The summed E-state index contributed by atoms with van der Waals surface area (Å²) in [4.78, 5) is 11.9. The van der Waals surface area contributed by atoms with Crippen molar-refractivity contribution in [3.05, 3.63) is 34.9 Å². The van der Waals surface area contributed by atoms with Crippen LogP contribution in [-0.2, 0) is 11.2 Å². The van der Waals surface area contributed by atoms with Crippen LogP contribution in [0.15, 0.2) is 18.2 Å². The van der Waals surface area contributed by atoms with Gasteiger partial charge in [0.2, 0.25) is 5.91 Å². The molecule has 0 saturated heterocycles. The highest BCUT2D eigenvalue weighted by molar-refractivity contribution is 5.79. The maximum absolute atomic E-state index is 11.9. The Morgan fingerprint density at radius 2 is 2.11 bits per heavy atom. The lowest BCUT2D eigenvalue weighted by Crippen LogP contribution is -2.36. The highest BCUT2D eigenvalue weighted by Gasteiger charge is 2.17. The number of hydrogen-bond donors (Lipinski definition) is 2. The fourth-order valence-corrected chi connectivity index (χ4v) is 2.02. The summed E-state index contributed by atoms with van der Waals surface area (Å²) in [5.74, 6) is -0.0581. The van der Waals surface area contributed by atoms with Crippen molar-refractivity contribution in [2.75, 3.05) is 13.1 Å². The van der Waals surface area contributed by atoms with Gasteiger partial charge in [0.15, 0.2) is 0 Å². The molecule has 0 fully saturated rings. The predicted octanol–water partition coefficient (Wildman–Crippen LogP) is 1.95. The van der Waals surface area contributed by atoms with E-state index < -0.39 is 0 Å². The Labute approximate surface area is 110 Å². The number of nitrogens with one attached hydrogen (secondary N) is 1. The molecule has 0 bridgehead atoms. The molecule has 0 aliphatic heterocycles. The number of nitrogens with two attached hydrogens (primary N) is 1. The zero-order valence-corrected chi connectivity index (χ0v) is 11.6. The molecule has 100 valence electrons. The molecule has 0 radical (unpaired) electrons. The molecule has 1 atom stereocenters. The first-order chi connectivity index (χ1) is 8.58. The van der Waals surface area contributed by atoms with Crippen LogP contribution in [0.5, 0.6) is 0 Å². The maximum Gasteiger partial charge on any atom is 0.224 e. The van der Waals surface area contributed by atoms with E-state index in [-0.39, 0.29) is 11.8 Å². The highest BCUT2D eigenvalue weighted by Crippen LogP contribution is 2.15. The molecular weight excluding hydrogens is 224 g/mol. The van der Waals surface area contributed by atoms with Crippen LogP contribution in [0, 0.1) is 19.8 Å². The number of amides is 1. The molecule has 1 unspecified atom stereocenters. The standard InChI is InChI=1S/C15H24N2O/c1-4-7-17-15(18)14(10-16)9-13-6-5-11(2)8-12(13)3/h5-6,8,14H,4,7,9-10,16H2,1-3H3,(H,17,18). The van der Waals surface area contributed by atoms with E-state index in [1.807, 2.05) is 6.92 Å². The lowest BCUT2D eigenvalue weighted by molar-refractivity contribution is -0.124. The van der Waals surface area contributed by atoms with E-state index in [1.165, 1.54) is 16.7 Å². The quantitative estimate of drug-likeness (QED) is 0.808. The molecule has 0 aliphatic rings. The zero-order chi connectivity index (χ0) is 13.5. The van der Waals surface area contributed by atoms with E-state index in [0.29, 0.717) is 6.54 Å². The van der Waals surface area contributed by atoms with Gasteiger partial charge >= 0.3 is 0 Å². The molecule has 0 aromatic heterocycles. The van der Waals surface area contributed by atoms with Crippen LogP contribution < -0.4 is 11.1 Å². The van der Waals surface area contributed by atoms with Crippen molar-refractivity contribution < 1.29 is 4.79 Å². The molecule has 1 aromatic rings. The van der Waals surface area contributed by atoms with Crippen molar-refractivity contribution in [3.63, 3.8) is 0 Å². The van der Waals surface area contributed by atoms with Crippen molar-refractivity contribution in [1.29, 1.82) is 0 Å². The van der Waals surface area contributed by atoms with Gasteiger partial charge in [-0.05, 0) is 37.8 Å². The molecule has 18 heavy (non-hydrogen) atoms. The van der Waals surface area contributed by atoms with Gasteiger partial charge in [-0.25, -0.2) is 0 Å². The summed E-state index contributed by atoms with van der Waals surface area (Å²) < 4.78 is 0. The molecule has 3 N–H and O–H groups in total. The maximum atomic E-state index is 11.9. The Kier molecular flexibility index (Phi) is 5.86. The average molecular weight is 248 g/mol. The molecule has 3 heteroatoms. The summed E-state index contributed by atoms with van der Waals surface area (Å²) >= 11 is 0. The van der Waals surface area contributed by atoms with E-state index in [9.17, 15) is 4.79 Å². The largest absolute Gasteiger partial charge is 0.356 e. The van der Waals surface area contributed by atoms with Gasteiger partial charge in [0.05, 0.1) is 5.92 Å². The zero-order valence-electron chi connectivity index (χ0n) is 11.6. The van der Waals surface area contributed by atoms with Gasteiger partial charge in [0, 0.05) is 13.1 Å². The second-order valence-corrected chi connectivity index (χ2v) is 4.86. The minimum absolute atomic E-state index is 0.0688. The number of carbonyl (C=O) groups excluding carboxylic acids is 1. The summed E-state index contributed by atoms with van der Waals surface area (Å²) in [6.45, 7) is 7.32. The van der Waals surface area contributed by atoms with E-state index in [4.69, 9.17) is 5.73 Å². The number of benzene rings is 1. The third kappa shape index (κ3) is 4.15. The first kappa shape index (κ1) is 14.7. The van der Waals surface area contributed by atoms with Crippen molar-refractivity contribution in [3.8, 4) is 0 Å². The normalized spacial score (nSPS) is 12.2. The van der Waals surface area contributed by atoms with Crippen LogP contribution in [0.2, 0.25) is 0 Å². The molecule has 1 aromatic carbocycles. The van der Waals surface area contributed by atoms with Crippen LogP contribution in [0.3, 0.4) is 0 Å². The predicted molar refractivity (Wildman–Crippen MR) is 75.5 cm³/mol. The van der Waals surface area contributed by atoms with Gasteiger partial charge in [-0.15, -0.1) is 0 Å². The van der Waals surface area contributed by atoms with Crippen molar-refractivity contribution in [2.24, 2.45) is 11.7 Å². The van der Waals surface area contributed by atoms with Crippen LogP contribution in [0.1, 0.15) is 30.0 Å². The minimum Gasteiger partial charge on any atom is -0.356 e. The molecule has 0 aliphatic carbocycles. The second-order valence-electron chi connectivity index (χ2n) is 4.86. The van der Waals surface area contributed by atoms with Gasteiger partial charge in [0.25, 0.3) is 0 Å². The van der Waals surface area contributed by atoms with Gasteiger partial charge < -0.3 is 11.1 Å². The molecule has 1 rings (SSSR count). The molecule has 0 heterocycles. The molecular formula is C15H24N2O. The Hall–Kier alpha value is -1.35. The average Bonchev–Trinajstić information content (AvgIpc) is 2.35. The molecule has 1 amide bonds. The summed E-state index contributed by atoms with van der Waals surface area (Å²) in [6.07, 6.45) is 1.67. The summed E-state index contributed by atoms with van der Waals surface area (Å²) in [5, 5.41) is 2.92. The first-order valence-corrected chi connectivity index (χ1v) is 6.62. The second kappa shape index (κ2) is 7.17. The first-order valence-electron chi connectivity index (χ1n) is 6.62. The number of hydrogen-bond acceptors (Lipinski definition) is 2. The van der Waals surface area contributed by atoms with Crippen molar-refractivity contribution >= 4 is 5.91 Å². The van der Waals surface area contributed by atoms with E-state index in [2.05, 4.69) is 37.4 Å². The SMILES string of the molecule is CCCNC(=O)C(CN)Cc1ccc(C)cc1C. The summed E-state index contributed by atoms with van der Waals surface area (Å²) in [5.41, 5.74) is 9.40. The fraction of sp³-hybridized carbons (Fsp3) is 0.533. The van der Waals surface area contributed by atoms with Crippen molar-refractivity contribution in [1.82, 2.24) is 5.32 Å². The molecule has 0 spiro atoms. The van der Waals surface area contributed by atoms with Crippen LogP contribution in [0.25, 0.3) is 0 Å². The van der Waals surface area contributed by atoms with Crippen LogP contribution in [-0.4, -0.2) is 19.0 Å². The summed E-state index contributed by atoms with van der Waals surface area (Å²) in [6, 6.07) is 6.33. The van der Waals surface area contributed by atoms with Gasteiger partial charge in [-0.1, -0.05) is 30.7 Å². The van der Waals surface area contributed by atoms with Crippen molar-refractivity contribution in [2.45, 2.75) is 33.6 Å². The van der Waals surface area contributed by atoms with Crippen LogP contribution in [0.4, 0.5) is 0 Å². The molecule has 3 nitrogen and oxygen atoms in total. The van der Waals surface area contributed by atoms with E-state index >= 15 is 0 Å². The Balaban J connectivity index is 2.70. The number of aryl methyl sites for hydroxylation is 2. The Bertz CT molecular complexity index is 401. The minimum atomic E-state index is -0.127. The lowest BCUT2D eigenvalue weighted by Gasteiger charge is -2.16. The summed E-state index contributed by atoms with van der Waals surface area (Å²) in [7, 11) is 0. The highest BCUT2D eigenvalue weighted by atomic mass is 16.1. The van der Waals surface area contributed by atoms with Gasteiger partial charge in [-0.3, -0.25) is 4.79 Å². The fourth-order valence-electron chi connectivity index (χ4n) is 2.02. The monoisotopic (exact) mass is 248 g/mol. The Morgan fingerprint density at radius 1 is 1.39 bits per heavy atom. The lowest BCUT2D eigenvalue weighted by atomic mass is 9.94. The Morgan fingerprint density at radius 3 is 2.67 bits per heavy atom. The van der Waals surface area contributed by atoms with Gasteiger partial charge in [0.1, 0.15) is 0 Å². The number of rotatable bonds is 6. The third-order valence-electron chi connectivity index (χ3n) is 3.17. The van der Waals surface area contributed by atoms with Crippen LogP contribution >= 0.6 is 0 Å². The number of carbonyl (C=O) groups is 1. The third-order valence-corrected chi connectivity index (χ3v) is 3.17. The molecule has 0 saturated carbocycles. The topological polar surface area (TPSA) is 55.1 Å².